The molecule has 4 heteroatoms. The zero-order valence-corrected chi connectivity index (χ0v) is 12.0. The second-order valence-electron chi connectivity index (χ2n) is 4.69. The topological polar surface area (TPSA) is 47.3 Å². The SMILES string of the molecule is CC(=O)c1c(-c2ccc(Cl)cc2)oc2ccccc2c1=O. The number of benzene rings is 2. The summed E-state index contributed by atoms with van der Waals surface area (Å²) in [5.74, 6) is -0.0395. The fourth-order valence-corrected chi connectivity index (χ4v) is 2.39. The van der Waals surface area contributed by atoms with E-state index < -0.39 is 0 Å². The summed E-state index contributed by atoms with van der Waals surface area (Å²) in [5.41, 5.74) is 0.857. The van der Waals surface area contributed by atoms with Crippen molar-refractivity contribution in [2.75, 3.05) is 0 Å². The Morgan fingerprint density at radius 2 is 1.71 bits per heavy atom. The number of rotatable bonds is 2. The molecular formula is C17H11ClO3. The molecule has 0 N–H and O–H groups in total. The van der Waals surface area contributed by atoms with Crippen LogP contribution >= 0.6 is 11.6 Å². The van der Waals surface area contributed by atoms with Gasteiger partial charge in [0.05, 0.1) is 5.39 Å². The largest absolute Gasteiger partial charge is 0.455 e. The van der Waals surface area contributed by atoms with Crippen LogP contribution in [0.1, 0.15) is 17.3 Å². The summed E-state index contributed by atoms with van der Waals surface area (Å²) in [7, 11) is 0. The first kappa shape index (κ1) is 13.6. The van der Waals surface area contributed by atoms with Gasteiger partial charge in [-0.25, -0.2) is 0 Å². The maximum atomic E-state index is 12.5. The van der Waals surface area contributed by atoms with Crippen molar-refractivity contribution in [2.24, 2.45) is 0 Å². The van der Waals surface area contributed by atoms with Crippen LogP contribution in [-0.4, -0.2) is 5.78 Å². The van der Waals surface area contributed by atoms with Gasteiger partial charge in [-0.3, -0.25) is 9.59 Å². The van der Waals surface area contributed by atoms with E-state index in [9.17, 15) is 9.59 Å². The normalized spacial score (nSPS) is 10.8. The minimum atomic E-state index is -0.320. The smallest absolute Gasteiger partial charge is 0.204 e. The molecule has 3 nitrogen and oxygen atoms in total. The Balaban J connectivity index is 2.40. The predicted octanol–water partition coefficient (Wildman–Crippen LogP) is 4.32. The Morgan fingerprint density at radius 1 is 1.05 bits per heavy atom. The van der Waals surface area contributed by atoms with Crippen molar-refractivity contribution in [1.82, 2.24) is 0 Å². The van der Waals surface area contributed by atoms with E-state index in [0.717, 1.165) is 0 Å². The van der Waals surface area contributed by atoms with Crippen LogP contribution in [0.15, 0.2) is 57.7 Å². The molecule has 0 unspecified atom stereocenters. The molecular weight excluding hydrogens is 288 g/mol. The van der Waals surface area contributed by atoms with Gasteiger partial charge in [0, 0.05) is 10.6 Å². The fourth-order valence-electron chi connectivity index (χ4n) is 2.27. The molecule has 0 aliphatic rings. The molecule has 0 aliphatic heterocycles. The number of carbonyl (C=O) groups is 1. The number of Topliss-reactive ketones (excluding diaryl/α,β-unsaturated/α-hetero) is 1. The molecule has 0 radical (unpaired) electrons. The molecule has 0 fully saturated rings. The number of hydrogen-bond donors (Lipinski definition) is 0. The van der Waals surface area contributed by atoms with E-state index in [4.69, 9.17) is 16.0 Å². The van der Waals surface area contributed by atoms with Crippen LogP contribution in [0.25, 0.3) is 22.3 Å². The second kappa shape index (κ2) is 5.19. The van der Waals surface area contributed by atoms with Gasteiger partial charge in [0.2, 0.25) is 5.43 Å². The molecule has 104 valence electrons. The fraction of sp³-hybridized carbons (Fsp3) is 0.0588. The third-order valence-corrected chi connectivity index (χ3v) is 3.51. The number of para-hydroxylation sites is 1. The predicted molar refractivity (Wildman–Crippen MR) is 82.9 cm³/mol. The molecule has 0 saturated heterocycles. The summed E-state index contributed by atoms with van der Waals surface area (Å²) in [5, 5.41) is 0.978. The molecule has 0 saturated carbocycles. The number of carbonyl (C=O) groups excluding carboxylic acids is 1. The highest BCUT2D eigenvalue weighted by molar-refractivity contribution is 6.30. The quantitative estimate of drug-likeness (QED) is 0.662. The van der Waals surface area contributed by atoms with E-state index in [1.807, 2.05) is 0 Å². The minimum Gasteiger partial charge on any atom is -0.455 e. The Morgan fingerprint density at radius 3 is 2.38 bits per heavy atom. The van der Waals surface area contributed by atoms with Gasteiger partial charge in [-0.1, -0.05) is 23.7 Å². The molecule has 2 aromatic carbocycles. The molecule has 1 heterocycles. The standard InChI is InChI=1S/C17H11ClO3/c1-10(19)15-16(20)13-4-2-3-5-14(13)21-17(15)11-6-8-12(18)9-7-11/h2-9H,1H3. The lowest BCUT2D eigenvalue weighted by molar-refractivity contribution is 0.101. The van der Waals surface area contributed by atoms with Crippen LogP contribution in [0.4, 0.5) is 0 Å². The summed E-state index contributed by atoms with van der Waals surface area (Å²) < 4.78 is 5.80. The molecule has 0 atom stereocenters. The number of fused-ring (bicyclic) bond motifs is 1. The lowest BCUT2D eigenvalue weighted by Gasteiger charge is -2.08. The first-order chi connectivity index (χ1) is 10.1. The van der Waals surface area contributed by atoms with Gasteiger partial charge in [0.15, 0.2) is 5.78 Å². The van der Waals surface area contributed by atoms with E-state index in [0.29, 0.717) is 21.6 Å². The molecule has 0 amide bonds. The number of ketones is 1. The highest BCUT2D eigenvalue weighted by atomic mass is 35.5. The minimum absolute atomic E-state index is 0.0658. The van der Waals surface area contributed by atoms with E-state index in [2.05, 4.69) is 0 Å². The Hall–Kier alpha value is -2.39. The first-order valence-electron chi connectivity index (χ1n) is 6.40. The summed E-state index contributed by atoms with van der Waals surface area (Å²) in [6.45, 7) is 1.36. The summed E-state index contributed by atoms with van der Waals surface area (Å²) in [6.07, 6.45) is 0. The zero-order valence-electron chi connectivity index (χ0n) is 11.2. The highest BCUT2D eigenvalue weighted by Gasteiger charge is 2.19. The van der Waals surface area contributed by atoms with Gasteiger partial charge in [0.25, 0.3) is 0 Å². The van der Waals surface area contributed by atoms with Gasteiger partial charge in [-0.2, -0.15) is 0 Å². The van der Waals surface area contributed by atoms with E-state index in [1.54, 1.807) is 48.5 Å². The molecule has 21 heavy (non-hydrogen) atoms. The van der Waals surface area contributed by atoms with Crippen molar-refractivity contribution < 1.29 is 9.21 Å². The summed E-state index contributed by atoms with van der Waals surface area (Å²) in [6, 6.07) is 13.7. The van der Waals surface area contributed by atoms with Gasteiger partial charge < -0.3 is 4.42 Å². The molecule has 0 aliphatic carbocycles. The molecule has 0 spiro atoms. The average Bonchev–Trinajstić information content (AvgIpc) is 2.47. The number of hydrogen-bond acceptors (Lipinski definition) is 3. The van der Waals surface area contributed by atoms with Gasteiger partial charge in [-0.15, -0.1) is 0 Å². The van der Waals surface area contributed by atoms with Crippen molar-refractivity contribution in [2.45, 2.75) is 6.92 Å². The van der Waals surface area contributed by atoms with Crippen molar-refractivity contribution >= 4 is 28.4 Å². The Labute approximate surface area is 125 Å². The maximum Gasteiger partial charge on any atom is 0.204 e. The average molecular weight is 299 g/mol. The van der Waals surface area contributed by atoms with Crippen LogP contribution < -0.4 is 5.43 Å². The van der Waals surface area contributed by atoms with E-state index in [-0.39, 0.29) is 22.5 Å². The van der Waals surface area contributed by atoms with Crippen LogP contribution in [0.5, 0.6) is 0 Å². The van der Waals surface area contributed by atoms with Crippen molar-refractivity contribution in [3.8, 4) is 11.3 Å². The zero-order chi connectivity index (χ0) is 15.0. The van der Waals surface area contributed by atoms with Crippen molar-refractivity contribution in [1.29, 1.82) is 0 Å². The van der Waals surface area contributed by atoms with Crippen LogP contribution in [-0.2, 0) is 0 Å². The van der Waals surface area contributed by atoms with Gasteiger partial charge in [0.1, 0.15) is 16.9 Å². The van der Waals surface area contributed by atoms with Gasteiger partial charge >= 0.3 is 0 Å². The molecule has 3 rings (SSSR count). The monoisotopic (exact) mass is 298 g/mol. The lowest BCUT2D eigenvalue weighted by atomic mass is 10.0. The number of halogens is 1. The Kier molecular flexibility index (Phi) is 3.35. The van der Waals surface area contributed by atoms with Crippen molar-refractivity contribution in [3.05, 3.63) is 69.3 Å². The van der Waals surface area contributed by atoms with Gasteiger partial charge in [-0.05, 0) is 43.3 Å². The lowest BCUT2D eigenvalue weighted by Crippen LogP contribution is -2.14. The summed E-state index contributed by atoms with van der Waals surface area (Å²) in [4.78, 5) is 24.4. The third-order valence-electron chi connectivity index (χ3n) is 3.26. The first-order valence-corrected chi connectivity index (χ1v) is 6.78. The van der Waals surface area contributed by atoms with E-state index >= 15 is 0 Å². The molecule has 3 aromatic rings. The maximum absolute atomic E-state index is 12.5. The van der Waals surface area contributed by atoms with E-state index in [1.165, 1.54) is 6.92 Å². The molecule has 0 bridgehead atoms. The summed E-state index contributed by atoms with van der Waals surface area (Å²) >= 11 is 5.87. The Bertz CT molecular complexity index is 892. The van der Waals surface area contributed by atoms with Crippen LogP contribution in [0.3, 0.4) is 0 Å². The van der Waals surface area contributed by atoms with Crippen LogP contribution in [0, 0.1) is 0 Å². The molecule has 1 aromatic heterocycles. The van der Waals surface area contributed by atoms with Crippen molar-refractivity contribution in [3.63, 3.8) is 0 Å². The van der Waals surface area contributed by atoms with Crippen LogP contribution in [0.2, 0.25) is 5.02 Å². The highest BCUT2D eigenvalue weighted by Crippen LogP contribution is 2.27. The third kappa shape index (κ3) is 2.36. The second-order valence-corrected chi connectivity index (χ2v) is 5.13.